The van der Waals surface area contributed by atoms with Crippen molar-refractivity contribution in [1.29, 1.82) is 0 Å². The molecular formula is C15H23NS. The average molecular weight is 249 g/mol. The van der Waals surface area contributed by atoms with Crippen LogP contribution in [0.1, 0.15) is 44.2 Å². The van der Waals surface area contributed by atoms with Crippen LogP contribution in [0.25, 0.3) is 0 Å². The maximum Gasteiger partial charge on any atom is 0.0104 e. The molecule has 0 saturated heterocycles. The molecule has 0 radical (unpaired) electrons. The number of hydrogen-bond acceptors (Lipinski definition) is 2. The SMILES string of the molecule is CC(C)(N)CCCc1ccc2c(c1)CCCS2. The van der Waals surface area contributed by atoms with Gasteiger partial charge in [-0.1, -0.05) is 12.1 Å². The summed E-state index contributed by atoms with van der Waals surface area (Å²) in [6.45, 7) is 4.22. The molecule has 1 aromatic carbocycles. The number of fused-ring (bicyclic) bond motifs is 1. The third-order valence-corrected chi connectivity index (χ3v) is 4.46. The Labute approximate surface area is 109 Å². The summed E-state index contributed by atoms with van der Waals surface area (Å²) in [4.78, 5) is 1.50. The number of aryl methyl sites for hydroxylation is 2. The van der Waals surface area contributed by atoms with Gasteiger partial charge in [-0.05, 0) is 68.9 Å². The standard InChI is InChI=1S/C15H23NS/c1-15(2,16)9-3-5-12-7-8-14-13(11-12)6-4-10-17-14/h7-8,11H,3-6,9-10,16H2,1-2H3. The van der Waals surface area contributed by atoms with E-state index in [2.05, 4.69) is 32.0 Å². The molecule has 1 aliphatic rings. The Bertz CT molecular complexity index is 379. The minimum Gasteiger partial charge on any atom is -0.326 e. The zero-order chi connectivity index (χ0) is 12.3. The van der Waals surface area contributed by atoms with Crippen LogP contribution in [-0.2, 0) is 12.8 Å². The molecule has 0 aliphatic carbocycles. The quantitative estimate of drug-likeness (QED) is 0.878. The zero-order valence-electron chi connectivity index (χ0n) is 11.0. The molecule has 0 atom stereocenters. The van der Waals surface area contributed by atoms with Gasteiger partial charge in [0.05, 0.1) is 0 Å². The fourth-order valence-electron chi connectivity index (χ4n) is 2.32. The van der Waals surface area contributed by atoms with Crippen molar-refractivity contribution in [2.24, 2.45) is 5.73 Å². The van der Waals surface area contributed by atoms with Crippen LogP contribution >= 0.6 is 11.8 Å². The second-order valence-electron chi connectivity index (χ2n) is 5.74. The van der Waals surface area contributed by atoms with E-state index in [1.807, 2.05) is 11.8 Å². The third kappa shape index (κ3) is 4.04. The highest BCUT2D eigenvalue weighted by Gasteiger charge is 2.12. The van der Waals surface area contributed by atoms with Crippen LogP contribution in [0.2, 0.25) is 0 Å². The molecule has 94 valence electrons. The number of thioether (sulfide) groups is 1. The van der Waals surface area contributed by atoms with Crippen molar-refractivity contribution in [1.82, 2.24) is 0 Å². The molecule has 2 N–H and O–H groups in total. The average Bonchev–Trinajstić information content (AvgIpc) is 2.27. The first-order chi connectivity index (χ1) is 8.04. The molecule has 0 amide bonds. The largest absolute Gasteiger partial charge is 0.326 e. The first-order valence-electron chi connectivity index (χ1n) is 6.58. The van der Waals surface area contributed by atoms with Crippen molar-refractivity contribution in [3.05, 3.63) is 29.3 Å². The third-order valence-electron chi connectivity index (χ3n) is 3.26. The molecule has 2 rings (SSSR count). The van der Waals surface area contributed by atoms with Gasteiger partial charge in [0.25, 0.3) is 0 Å². The Balaban J connectivity index is 1.93. The molecule has 0 aromatic heterocycles. The van der Waals surface area contributed by atoms with Gasteiger partial charge in [0.1, 0.15) is 0 Å². The second kappa shape index (κ2) is 5.45. The van der Waals surface area contributed by atoms with Gasteiger partial charge in [-0.2, -0.15) is 0 Å². The number of hydrogen-bond donors (Lipinski definition) is 1. The van der Waals surface area contributed by atoms with Crippen LogP contribution in [-0.4, -0.2) is 11.3 Å². The number of benzene rings is 1. The molecular weight excluding hydrogens is 226 g/mol. The molecule has 1 aliphatic heterocycles. The maximum absolute atomic E-state index is 6.01. The van der Waals surface area contributed by atoms with E-state index in [9.17, 15) is 0 Å². The van der Waals surface area contributed by atoms with Crippen molar-refractivity contribution in [2.45, 2.75) is 56.4 Å². The van der Waals surface area contributed by atoms with E-state index in [4.69, 9.17) is 5.73 Å². The summed E-state index contributed by atoms with van der Waals surface area (Å²) in [6, 6.07) is 7.01. The Kier molecular flexibility index (Phi) is 4.16. The van der Waals surface area contributed by atoms with Crippen LogP contribution in [0.5, 0.6) is 0 Å². The van der Waals surface area contributed by atoms with Crippen LogP contribution in [0.4, 0.5) is 0 Å². The Morgan fingerprint density at radius 1 is 1.35 bits per heavy atom. The molecule has 0 spiro atoms. The van der Waals surface area contributed by atoms with Gasteiger partial charge in [0.2, 0.25) is 0 Å². The number of rotatable bonds is 4. The molecule has 0 fully saturated rings. The minimum atomic E-state index is -0.0238. The molecule has 17 heavy (non-hydrogen) atoms. The molecule has 1 nitrogen and oxygen atoms in total. The topological polar surface area (TPSA) is 26.0 Å². The lowest BCUT2D eigenvalue weighted by molar-refractivity contribution is 0.459. The highest BCUT2D eigenvalue weighted by Crippen LogP contribution is 2.30. The zero-order valence-corrected chi connectivity index (χ0v) is 11.8. The van der Waals surface area contributed by atoms with E-state index in [1.165, 1.54) is 41.9 Å². The molecule has 2 heteroatoms. The Hall–Kier alpha value is -0.470. The monoisotopic (exact) mass is 249 g/mol. The van der Waals surface area contributed by atoms with Gasteiger partial charge in [-0.15, -0.1) is 11.8 Å². The van der Waals surface area contributed by atoms with Crippen LogP contribution in [0, 0.1) is 0 Å². The summed E-state index contributed by atoms with van der Waals surface area (Å²) < 4.78 is 0. The number of nitrogens with two attached hydrogens (primary N) is 1. The van der Waals surface area contributed by atoms with E-state index in [-0.39, 0.29) is 5.54 Å². The summed E-state index contributed by atoms with van der Waals surface area (Å²) in [7, 11) is 0. The van der Waals surface area contributed by atoms with Crippen molar-refractivity contribution in [3.63, 3.8) is 0 Å². The highest BCUT2D eigenvalue weighted by molar-refractivity contribution is 7.99. The molecule has 1 aromatic rings. The van der Waals surface area contributed by atoms with E-state index < -0.39 is 0 Å². The van der Waals surface area contributed by atoms with Crippen molar-refractivity contribution in [2.75, 3.05) is 5.75 Å². The van der Waals surface area contributed by atoms with Gasteiger partial charge >= 0.3 is 0 Å². The first-order valence-corrected chi connectivity index (χ1v) is 7.57. The first kappa shape index (κ1) is 13.0. The maximum atomic E-state index is 6.01. The molecule has 1 heterocycles. The summed E-state index contributed by atoms with van der Waals surface area (Å²) >= 11 is 2.01. The van der Waals surface area contributed by atoms with E-state index >= 15 is 0 Å². The lowest BCUT2D eigenvalue weighted by Gasteiger charge is -2.19. The van der Waals surface area contributed by atoms with Crippen LogP contribution in [0.3, 0.4) is 0 Å². The smallest absolute Gasteiger partial charge is 0.0104 e. The molecule has 0 saturated carbocycles. The van der Waals surface area contributed by atoms with Gasteiger partial charge < -0.3 is 5.73 Å². The van der Waals surface area contributed by atoms with E-state index in [0.29, 0.717) is 0 Å². The normalized spacial score (nSPS) is 15.7. The van der Waals surface area contributed by atoms with Gasteiger partial charge in [0, 0.05) is 10.4 Å². The fourth-order valence-corrected chi connectivity index (χ4v) is 3.34. The van der Waals surface area contributed by atoms with Crippen LogP contribution in [0.15, 0.2) is 23.1 Å². The fraction of sp³-hybridized carbons (Fsp3) is 0.600. The van der Waals surface area contributed by atoms with Gasteiger partial charge in [-0.25, -0.2) is 0 Å². The highest BCUT2D eigenvalue weighted by atomic mass is 32.2. The Morgan fingerprint density at radius 3 is 2.94 bits per heavy atom. The lowest BCUT2D eigenvalue weighted by atomic mass is 9.96. The predicted molar refractivity (Wildman–Crippen MR) is 76.7 cm³/mol. The van der Waals surface area contributed by atoms with Gasteiger partial charge in [0.15, 0.2) is 0 Å². The van der Waals surface area contributed by atoms with Gasteiger partial charge in [-0.3, -0.25) is 0 Å². The Morgan fingerprint density at radius 2 is 2.18 bits per heavy atom. The van der Waals surface area contributed by atoms with E-state index in [1.54, 1.807) is 5.56 Å². The second-order valence-corrected chi connectivity index (χ2v) is 6.87. The van der Waals surface area contributed by atoms with E-state index in [0.717, 1.165) is 6.42 Å². The summed E-state index contributed by atoms with van der Waals surface area (Å²) in [6.07, 6.45) is 6.04. The summed E-state index contributed by atoms with van der Waals surface area (Å²) in [5.74, 6) is 1.29. The molecule has 0 bridgehead atoms. The van der Waals surface area contributed by atoms with Crippen molar-refractivity contribution >= 4 is 11.8 Å². The minimum absolute atomic E-state index is 0.0238. The molecule has 0 unspecified atom stereocenters. The van der Waals surface area contributed by atoms with Crippen molar-refractivity contribution < 1.29 is 0 Å². The summed E-state index contributed by atoms with van der Waals surface area (Å²) in [5.41, 5.74) is 9.03. The lowest BCUT2D eigenvalue weighted by Crippen LogP contribution is -2.31. The predicted octanol–water partition coefficient (Wildman–Crippen LogP) is 3.78. The van der Waals surface area contributed by atoms with Crippen molar-refractivity contribution in [3.8, 4) is 0 Å². The van der Waals surface area contributed by atoms with Crippen LogP contribution < -0.4 is 5.73 Å². The summed E-state index contributed by atoms with van der Waals surface area (Å²) in [5, 5.41) is 0.